The molecule has 1 aromatic rings. The summed E-state index contributed by atoms with van der Waals surface area (Å²) >= 11 is 6.99. The van der Waals surface area contributed by atoms with Crippen LogP contribution >= 0.6 is 31.9 Å². The van der Waals surface area contributed by atoms with E-state index in [1.807, 2.05) is 27.0 Å². The van der Waals surface area contributed by atoms with Gasteiger partial charge in [0.2, 0.25) is 5.91 Å². The first-order chi connectivity index (χ1) is 7.41. The highest BCUT2D eigenvalue weighted by Gasteiger charge is 2.46. The highest BCUT2D eigenvalue weighted by atomic mass is 79.9. The quantitative estimate of drug-likeness (QED) is 0.714. The predicted octanol–water partition coefficient (Wildman–Crippen LogP) is 3.39. The third-order valence-corrected chi connectivity index (χ3v) is 4.91. The molecule has 0 spiro atoms. The zero-order valence-electron chi connectivity index (χ0n) is 9.47. The zero-order valence-corrected chi connectivity index (χ0v) is 12.6. The topological polar surface area (TPSA) is 20.3 Å². The van der Waals surface area contributed by atoms with Gasteiger partial charge < -0.3 is 4.90 Å². The number of aryl methyl sites for hydroxylation is 1. The molecule has 86 valence electrons. The van der Waals surface area contributed by atoms with Gasteiger partial charge in [-0.2, -0.15) is 0 Å². The number of alkyl halides is 1. The minimum Gasteiger partial charge on any atom is -0.313 e. The minimum absolute atomic E-state index is 0.144. The third-order valence-electron chi connectivity index (χ3n) is 3.18. The molecule has 0 radical (unpaired) electrons. The van der Waals surface area contributed by atoms with Crippen LogP contribution in [0.3, 0.4) is 0 Å². The summed E-state index contributed by atoms with van der Waals surface area (Å²) in [5.41, 5.74) is 2.82. The second-order valence-electron chi connectivity index (χ2n) is 4.47. The number of likely N-dealkylation sites (N-methyl/N-ethyl adjacent to an activating group) is 1. The Bertz CT molecular complexity index is 472. The molecule has 1 aromatic carbocycles. The van der Waals surface area contributed by atoms with Gasteiger partial charge >= 0.3 is 0 Å². The molecule has 2 rings (SSSR count). The number of rotatable bonds is 1. The van der Waals surface area contributed by atoms with Crippen LogP contribution < -0.4 is 4.90 Å². The van der Waals surface area contributed by atoms with E-state index in [2.05, 4.69) is 37.9 Å². The van der Waals surface area contributed by atoms with Crippen LogP contribution in [-0.2, 0) is 10.2 Å². The van der Waals surface area contributed by atoms with E-state index in [1.54, 1.807) is 4.90 Å². The Labute approximate surface area is 112 Å². The van der Waals surface area contributed by atoms with E-state index >= 15 is 0 Å². The maximum absolute atomic E-state index is 12.3. The molecule has 4 heteroatoms. The van der Waals surface area contributed by atoms with Crippen LogP contribution in [0.1, 0.15) is 18.1 Å². The number of benzene rings is 1. The van der Waals surface area contributed by atoms with Crippen LogP contribution in [0.25, 0.3) is 0 Å². The Morgan fingerprint density at radius 2 is 2.06 bits per heavy atom. The Hall–Kier alpha value is -0.350. The fraction of sp³-hybridized carbons (Fsp3) is 0.417. The highest BCUT2D eigenvalue weighted by Crippen LogP contribution is 2.46. The molecule has 1 amide bonds. The van der Waals surface area contributed by atoms with E-state index in [0.717, 1.165) is 15.7 Å². The van der Waals surface area contributed by atoms with E-state index in [9.17, 15) is 4.79 Å². The molecule has 16 heavy (non-hydrogen) atoms. The van der Waals surface area contributed by atoms with Gasteiger partial charge in [0.25, 0.3) is 0 Å². The second-order valence-corrected chi connectivity index (χ2v) is 5.89. The minimum atomic E-state index is -0.446. The number of hydrogen-bond acceptors (Lipinski definition) is 1. The summed E-state index contributed by atoms with van der Waals surface area (Å²) in [7, 11) is 1.83. The molecule has 0 saturated heterocycles. The van der Waals surface area contributed by atoms with Gasteiger partial charge in [-0.25, -0.2) is 0 Å². The molecule has 2 nitrogen and oxygen atoms in total. The first-order valence-electron chi connectivity index (χ1n) is 5.06. The van der Waals surface area contributed by atoms with Crippen molar-refractivity contribution < 1.29 is 4.79 Å². The Balaban J connectivity index is 2.75. The van der Waals surface area contributed by atoms with Gasteiger partial charge in [0.1, 0.15) is 0 Å². The van der Waals surface area contributed by atoms with Crippen molar-refractivity contribution in [2.75, 3.05) is 17.3 Å². The lowest BCUT2D eigenvalue weighted by Crippen LogP contribution is -2.37. The van der Waals surface area contributed by atoms with Gasteiger partial charge in [-0.05, 0) is 47.0 Å². The molecule has 1 heterocycles. The summed E-state index contributed by atoms with van der Waals surface area (Å²) < 4.78 is 0.989. The van der Waals surface area contributed by atoms with Crippen molar-refractivity contribution in [3.8, 4) is 0 Å². The smallest absolute Gasteiger partial charge is 0.238 e. The Morgan fingerprint density at radius 1 is 1.44 bits per heavy atom. The second kappa shape index (κ2) is 3.84. The zero-order chi connectivity index (χ0) is 12.1. The summed E-state index contributed by atoms with van der Waals surface area (Å²) in [6.07, 6.45) is 0. The predicted molar refractivity (Wildman–Crippen MR) is 73.4 cm³/mol. The summed E-state index contributed by atoms with van der Waals surface area (Å²) in [4.78, 5) is 14.0. The van der Waals surface area contributed by atoms with E-state index < -0.39 is 5.41 Å². The number of carbonyl (C=O) groups excluding carboxylic acids is 1. The third kappa shape index (κ3) is 1.46. The normalized spacial score (nSPS) is 23.8. The average molecular weight is 347 g/mol. The molecule has 1 atom stereocenters. The lowest BCUT2D eigenvalue weighted by atomic mass is 9.85. The summed E-state index contributed by atoms with van der Waals surface area (Å²) in [6.45, 7) is 4.03. The maximum atomic E-state index is 12.3. The highest BCUT2D eigenvalue weighted by molar-refractivity contribution is 9.10. The number of carbonyl (C=O) groups is 1. The fourth-order valence-electron chi connectivity index (χ4n) is 2.21. The monoisotopic (exact) mass is 345 g/mol. The van der Waals surface area contributed by atoms with Crippen LogP contribution in [-0.4, -0.2) is 18.3 Å². The Kier molecular flexibility index (Phi) is 2.91. The lowest BCUT2D eigenvalue weighted by molar-refractivity contribution is -0.121. The van der Waals surface area contributed by atoms with E-state index in [4.69, 9.17) is 0 Å². The van der Waals surface area contributed by atoms with Crippen LogP contribution in [0.5, 0.6) is 0 Å². The van der Waals surface area contributed by atoms with E-state index in [-0.39, 0.29) is 5.91 Å². The van der Waals surface area contributed by atoms with Crippen molar-refractivity contribution in [1.82, 2.24) is 0 Å². The molecule has 0 aliphatic carbocycles. The molecule has 0 N–H and O–H groups in total. The molecule has 0 saturated carbocycles. The SMILES string of the molecule is Cc1cc(Br)c2c(c1)C(C)(CBr)C(=O)N2C. The van der Waals surface area contributed by atoms with Crippen molar-refractivity contribution in [2.24, 2.45) is 0 Å². The van der Waals surface area contributed by atoms with Crippen LogP contribution in [0.2, 0.25) is 0 Å². The number of fused-ring (bicyclic) bond motifs is 1. The van der Waals surface area contributed by atoms with Crippen molar-refractivity contribution in [2.45, 2.75) is 19.3 Å². The molecule has 1 aliphatic rings. The summed E-state index contributed by atoms with van der Waals surface area (Å²) in [5, 5.41) is 0.645. The lowest BCUT2D eigenvalue weighted by Gasteiger charge is -2.19. The summed E-state index contributed by atoms with van der Waals surface area (Å²) in [5.74, 6) is 0.144. The number of amides is 1. The van der Waals surface area contributed by atoms with E-state index in [1.165, 1.54) is 5.56 Å². The van der Waals surface area contributed by atoms with Gasteiger partial charge in [0.05, 0.1) is 11.1 Å². The fourth-order valence-corrected chi connectivity index (χ4v) is 3.59. The number of hydrogen-bond donors (Lipinski definition) is 0. The average Bonchev–Trinajstić information content (AvgIpc) is 2.42. The van der Waals surface area contributed by atoms with Crippen LogP contribution in [0, 0.1) is 6.92 Å². The molecular weight excluding hydrogens is 334 g/mol. The summed E-state index contributed by atoms with van der Waals surface area (Å²) in [6, 6.07) is 4.14. The molecule has 0 bridgehead atoms. The van der Waals surface area contributed by atoms with Gasteiger partial charge in [-0.1, -0.05) is 22.0 Å². The molecular formula is C12H13Br2NO. The standard InChI is InChI=1S/C12H13Br2NO/c1-7-4-8-10(9(14)5-7)15(3)11(16)12(8,2)6-13/h4-5H,6H2,1-3H3. The van der Waals surface area contributed by atoms with Gasteiger partial charge in [-0.15, -0.1) is 0 Å². The molecule has 1 unspecified atom stereocenters. The van der Waals surface area contributed by atoms with Crippen molar-refractivity contribution in [3.05, 3.63) is 27.7 Å². The largest absolute Gasteiger partial charge is 0.313 e. The number of anilines is 1. The molecule has 0 fully saturated rings. The number of halogens is 2. The van der Waals surface area contributed by atoms with Crippen LogP contribution in [0.15, 0.2) is 16.6 Å². The number of nitrogens with zero attached hydrogens (tertiary/aromatic N) is 1. The first-order valence-corrected chi connectivity index (χ1v) is 6.98. The van der Waals surface area contributed by atoms with E-state index in [0.29, 0.717) is 5.33 Å². The van der Waals surface area contributed by atoms with Crippen LogP contribution in [0.4, 0.5) is 5.69 Å². The molecule has 1 aliphatic heterocycles. The Morgan fingerprint density at radius 3 is 2.62 bits per heavy atom. The van der Waals surface area contributed by atoms with Crippen molar-refractivity contribution >= 4 is 43.5 Å². The van der Waals surface area contributed by atoms with Crippen molar-refractivity contribution in [1.29, 1.82) is 0 Å². The van der Waals surface area contributed by atoms with Gasteiger partial charge in [0.15, 0.2) is 0 Å². The van der Waals surface area contributed by atoms with Gasteiger partial charge in [-0.3, -0.25) is 4.79 Å². The van der Waals surface area contributed by atoms with Gasteiger partial charge in [0, 0.05) is 16.9 Å². The first kappa shape index (κ1) is 12.1. The molecule has 0 aromatic heterocycles. The maximum Gasteiger partial charge on any atom is 0.238 e. The van der Waals surface area contributed by atoms with Crippen molar-refractivity contribution in [3.63, 3.8) is 0 Å².